The van der Waals surface area contributed by atoms with Crippen LogP contribution in [0.1, 0.15) is 34.1 Å². The fourth-order valence-electron chi connectivity index (χ4n) is 1.20. The summed E-state index contributed by atoms with van der Waals surface area (Å²) in [5.74, 6) is 0.275. The van der Waals surface area contributed by atoms with Gasteiger partial charge in [-0.1, -0.05) is 13.8 Å². The quantitative estimate of drug-likeness (QED) is 0.698. The monoisotopic (exact) mass is 232 g/mol. The van der Waals surface area contributed by atoms with Crippen molar-refractivity contribution in [3.05, 3.63) is 0 Å². The summed E-state index contributed by atoms with van der Waals surface area (Å²) in [6.45, 7) is 8.05. The first-order chi connectivity index (χ1) is 6.82. The molecule has 88 valence electrons. The van der Waals surface area contributed by atoms with E-state index in [0.29, 0.717) is 13.1 Å². The Morgan fingerprint density at radius 2 is 1.80 bits per heavy atom. The Labute approximate surface area is 92.9 Å². The summed E-state index contributed by atoms with van der Waals surface area (Å²) >= 11 is 0. The van der Waals surface area contributed by atoms with Gasteiger partial charge in [0, 0.05) is 19.5 Å². The lowest BCUT2D eigenvalue weighted by molar-refractivity contribution is 0.369. The van der Waals surface area contributed by atoms with Crippen molar-refractivity contribution in [1.82, 2.24) is 4.31 Å². The third-order valence-corrected chi connectivity index (χ3v) is 4.24. The molecule has 4 nitrogen and oxygen atoms in total. The van der Waals surface area contributed by atoms with Crippen LogP contribution in [0.25, 0.3) is 0 Å². The van der Waals surface area contributed by atoms with E-state index in [1.54, 1.807) is 13.8 Å². The number of hydrogen-bond donors (Lipinski definition) is 0. The van der Waals surface area contributed by atoms with E-state index < -0.39 is 15.3 Å². The van der Waals surface area contributed by atoms with Crippen LogP contribution in [0.5, 0.6) is 0 Å². The molecule has 0 aliphatic rings. The van der Waals surface area contributed by atoms with Gasteiger partial charge in [0.2, 0.25) is 10.0 Å². The van der Waals surface area contributed by atoms with E-state index in [4.69, 9.17) is 5.26 Å². The number of nitrogens with zero attached hydrogens (tertiary/aromatic N) is 2. The molecule has 0 aromatic heterocycles. The maximum atomic E-state index is 11.9. The molecular formula is C10H20N2O2S. The Balaban J connectivity index is 4.71. The second-order valence-electron chi connectivity index (χ2n) is 4.25. The second-order valence-corrected chi connectivity index (χ2v) is 6.74. The Morgan fingerprint density at radius 1 is 1.27 bits per heavy atom. The van der Waals surface area contributed by atoms with E-state index in [1.165, 1.54) is 4.31 Å². The summed E-state index contributed by atoms with van der Waals surface area (Å²) in [7, 11) is -3.22. The van der Waals surface area contributed by atoms with Crippen LogP contribution in [-0.2, 0) is 10.0 Å². The molecule has 0 spiro atoms. The van der Waals surface area contributed by atoms with Crippen LogP contribution in [0.3, 0.4) is 0 Å². The van der Waals surface area contributed by atoms with E-state index in [1.807, 2.05) is 19.9 Å². The molecule has 0 radical (unpaired) electrons. The lowest BCUT2D eigenvalue weighted by Gasteiger charge is -2.24. The predicted molar refractivity (Wildman–Crippen MR) is 60.7 cm³/mol. The molecule has 0 heterocycles. The largest absolute Gasteiger partial charge is 0.216 e. The highest BCUT2D eigenvalue weighted by Crippen LogP contribution is 2.11. The fraction of sp³-hybridized carbons (Fsp3) is 0.900. The lowest BCUT2D eigenvalue weighted by atomic mass is 10.2. The van der Waals surface area contributed by atoms with Gasteiger partial charge in [-0.25, -0.2) is 12.7 Å². The van der Waals surface area contributed by atoms with Gasteiger partial charge < -0.3 is 0 Å². The summed E-state index contributed by atoms with van der Waals surface area (Å²) < 4.78 is 25.2. The first-order valence-corrected chi connectivity index (χ1v) is 6.68. The third kappa shape index (κ3) is 4.63. The molecule has 0 amide bonds. The minimum absolute atomic E-state index is 0.249. The van der Waals surface area contributed by atoms with Crippen LogP contribution >= 0.6 is 0 Å². The molecule has 0 N–H and O–H groups in total. The summed E-state index contributed by atoms with van der Waals surface area (Å²) in [6, 6.07) is 1.98. The fourth-order valence-corrected chi connectivity index (χ4v) is 2.65. The third-order valence-electron chi connectivity index (χ3n) is 2.00. The van der Waals surface area contributed by atoms with Gasteiger partial charge in [0.25, 0.3) is 0 Å². The topological polar surface area (TPSA) is 61.2 Å². The highest BCUT2D eigenvalue weighted by Gasteiger charge is 2.25. The second kappa shape index (κ2) is 6.09. The van der Waals surface area contributed by atoms with Crippen LogP contribution in [0, 0.1) is 17.2 Å². The standard InChI is InChI=1S/C10H20N2O2S/c1-9(2)8-12(7-5-6-11)15(13,14)10(3)4/h9-10H,5,7-8H2,1-4H3. The Hall–Kier alpha value is -0.600. The zero-order valence-corrected chi connectivity index (χ0v) is 10.7. The molecule has 0 aromatic rings. The average molecular weight is 232 g/mol. The molecule has 0 aliphatic heterocycles. The summed E-state index contributed by atoms with van der Waals surface area (Å²) in [5, 5.41) is 8.06. The maximum Gasteiger partial charge on any atom is 0.216 e. The van der Waals surface area contributed by atoms with Crippen molar-refractivity contribution in [3.63, 3.8) is 0 Å². The van der Waals surface area contributed by atoms with Gasteiger partial charge >= 0.3 is 0 Å². The van der Waals surface area contributed by atoms with Gasteiger partial charge in [0.05, 0.1) is 11.3 Å². The Bertz CT molecular complexity index is 315. The molecule has 0 unspecified atom stereocenters. The van der Waals surface area contributed by atoms with Gasteiger partial charge in [-0.2, -0.15) is 5.26 Å². The summed E-state index contributed by atoms with van der Waals surface area (Å²) in [4.78, 5) is 0. The van der Waals surface area contributed by atoms with Crippen molar-refractivity contribution >= 4 is 10.0 Å². The molecule has 0 saturated carbocycles. The van der Waals surface area contributed by atoms with Gasteiger partial charge in [-0.15, -0.1) is 0 Å². The highest BCUT2D eigenvalue weighted by atomic mass is 32.2. The van der Waals surface area contributed by atoms with E-state index in [9.17, 15) is 8.42 Å². The molecule has 0 rings (SSSR count). The van der Waals surface area contributed by atoms with Crippen molar-refractivity contribution in [2.24, 2.45) is 5.92 Å². The maximum absolute atomic E-state index is 11.9. The number of rotatable bonds is 6. The van der Waals surface area contributed by atoms with E-state index in [0.717, 1.165) is 0 Å². The van der Waals surface area contributed by atoms with Crippen LogP contribution in [0.2, 0.25) is 0 Å². The minimum Gasteiger partial charge on any atom is -0.212 e. The summed E-state index contributed by atoms with van der Waals surface area (Å²) in [6.07, 6.45) is 0.249. The smallest absolute Gasteiger partial charge is 0.212 e. The van der Waals surface area contributed by atoms with E-state index >= 15 is 0 Å². The SMILES string of the molecule is CC(C)CN(CCC#N)S(=O)(=O)C(C)C. The van der Waals surface area contributed by atoms with Crippen molar-refractivity contribution in [2.45, 2.75) is 39.4 Å². The molecule has 0 fully saturated rings. The van der Waals surface area contributed by atoms with Crippen molar-refractivity contribution < 1.29 is 8.42 Å². The predicted octanol–water partition coefficient (Wildman–Crippen LogP) is 1.60. The molecule has 0 saturated heterocycles. The molecule has 15 heavy (non-hydrogen) atoms. The van der Waals surface area contributed by atoms with E-state index in [-0.39, 0.29) is 12.3 Å². The van der Waals surface area contributed by atoms with Gasteiger partial charge in [0.1, 0.15) is 0 Å². The Kier molecular flexibility index (Phi) is 5.84. The normalized spacial score (nSPS) is 12.4. The van der Waals surface area contributed by atoms with Gasteiger partial charge in [-0.05, 0) is 19.8 Å². The number of sulfonamides is 1. The van der Waals surface area contributed by atoms with Gasteiger partial charge in [-0.3, -0.25) is 0 Å². The highest BCUT2D eigenvalue weighted by molar-refractivity contribution is 7.89. The first kappa shape index (κ1) is 14.4. The number of nitriles is 1. The molecule has 0 aliphatic carbocycles. The van der Waals surface area contributed by atoms with Crippen LogP contribution < -0.4 is 0 Å². The van der Waals surface area contributed by atoms with Crippen molar-refractivity contribution in [1.29, 1.82) is 5.26 Å². The molecule has 0 atom stereocenters. The molecular weight excluding hydrogens is 212 g/mol. The van der Waals surface area contributed by atoms with Crippen LogP contribution in [0.15, 0.2) is 0 Å². The average Bonchev–Trinajstić information content (AvgIpc) is 2.11. The Morgan fingerprint density at radius 3 is 2.13 bits per heavy atom. The zero-order valence-electron chi connectivity index (χ0n) is 9.90. The number of hydrogen-bond acceptors (Lipinski definition) is 3. The molecule has 0 bridgehead atoms. The van der Waals surface area contributed by atoms with Crippen LogP contribution in [0.4, 0.5) is 0 Å². The van der Waals surface area contributed by atoms with Crippen molar-refractivity contribution in [3.8, 4) is 6.07 Å². The van der Waals surface area contributed by atoms with E-state index in [2.05, 4.69) is 0 Å². The minimum atomic E-state index is -3.22. The zero-order chi connectivity index (χ0) is 12.1. The van der Waals surface area contributed by atoms with Crippen molar-refractivity contribution in [2.75, 3.05) is 13.1 Å². The van der Waals surface area contributed by atoms with Gasteiger partial charge in [0.15, 0.2) is 0 Å². The lowest BCUT2D eigenvalue weighted by Crippen LogP contribution is -2.39. The van der Waals surface area contributed by atoms with Crippen LogP contribution in [-0.4, -0.2) is 31.1 Å². The molecule has 0 aromatic carbocycles. The first-order valence-electron chi connectivity index (χ1n) is 5.18. The molecule has 5 heteroatoms. The summed E-state index contributed by atoms with van der Waals surface area (Å²) in [5.41, 5.74) is 0.